The summed E-state index contributed by atoms with van der Waals surface area (Å²) in [6.07, 6.45) is 0. The van der Waals surface area contributed by atoms with Crippen LogP contribution in [0.25, 0.3) is 0 Å². The molecule has 0 saturated carbocycles. The molecule has 106 valence electrons. The molecule has 0 aliphatic rings. The van der Waals surface area contributed by atoms with E-state index in [4.69, 9.17) is 11.6 Å². The van der Waals surface area contributed by atoms with Crippen LogP contribution in [0.2, 0.25) is 4.34 Å². The molecule has 0 aliphatic heterocycles. The lowest BCUT2D eigenvalue weighted by molar-refractivity contribution is 0.0586. The Kier molecular flexibility index (Phi) is 4.57. The lowest BCUT2D eigenvalue weighted by atomic mass is 10.2. The van der Waals surface area contributed by atoms with E-state index in [1.165, 1.54) is 18.4 Å². The van der Waals surface area contributed by atoms with E-state index in [0.29, 0.717) is 11.5 Å². The Hall–Kier alpha value is -1.66. The molecule has 0 amide bonds. The quantitative estimate of drug-likeness (QED) is 0.876. The maximum absolute atomic E-state index is 11.5. The van der Waals surface area contributed by atoms with Gasteiger partial charge in [0, 0.05) is 16.6 Å². The number of carbonyl (C=O) groups is 1. The summed E-state index contributed by atoms with van der Waals surface area (Å²) in [4.78, 5) is 20.8. The fourth-order valence-electron chi connectivity index (χ4n) is 1.68. The topological polar surface area (TPSA) is 64.1 Å². The molecule has 1 unspecified atom stereocenters. The second kappa shape index (κ2) is 6.19. The highest BCUT2D eigenvalue weighted by Gasteiger charge is 2.14. The third kappa shape index (κ3) is 3.46. The number of methoxy groups -OCH3 is 1. The Morgan fingerprint density at radius 1 is 1.45 bits per heavy atom. The molecule has 0 spiro atoms. The number of ether oxygens (including phenoxy) is 1. The van der Waals surface area contributed by atoms with Crippen LogP contribution in [0.1, 0.15) is 34.2 Å². The summed E-state index contributed by atoms with van der Waals surface area (Å²) in [5.41, 5.74) is 0.694. The molecule has 0 fully saturated rings. The van der Waals surface area contributed by atoms with Crippen LogP contribution in [0, 0.1) is 6.92 Å². The van der Waals surface area contributed by atoms with Crippen molar-refractivity contribution in [2.24, 2.45) is 0 Å². The molecule has 2 heterocycles. The molecule has 0 radical (unpaired) electrons. The van der Waals surface area contributed by atoms with Crippen LogP contribution in [0.3, 0.4) is 0 Å². The van der Waals surface area contributed by atoms with Gasteiger partial charge in [0.1, 0.15) is 5.82 Å². The second-order valence-electron chi connectivity index (χ2n) is 4.22. The first kappa shape index (κ1) is 14.7. The second-order valence-corrected chi connectivity index (χ2v) is 5.96. The van der Waals surface area contributed by atoms with E-state index >= 15 is 0 Å². The van der Waals surface area contributed by atoms with Gasteiger partial charge < -0.3 is 10.1 Å². The third-order valence-electron chi connectivity index (χ3n) is 2.61. The lowest BCUT2D eigenvalue weighted by Crippen LogP contribution is -2.12. The summed E-state index contributed by atoms with van der Waals surface area (Å²) in [7, 11) is 1.30. The maximum atomic E-state index is 11.5. The van der Waals surface area contributed by atoms with Crippen LogP contribution >= 0.6 is 22.9 Å². The number of hydrogen-bond donors (Lipinski definition) is 1. The van der Waals surface area contributed by atoms with E-state index in [1.807, 2.05) is 19.1 Å². The van der Waals surface area contributed by atoms with Crippen molar-refractivity contribution in [3.8, 4) is 0 Å². The molecule has 5 nitrogen and oxygen atoms in total. The molecule has 20 heavy (non-hydrogen) atoms. The van der Waals surface area contributed by atoms with Gasteiger partial charge in [0.25, 0.3) is 0 Å². The van der Waals surface area contributed by atoms with Gasteiger partial charge in [-0.2, -0.15) is 0 Å². The van der Waals surface area contributed by atoms with Gasteiger partial charge in [0.2, 0.25) is 5.82 Å². The van der Waals surface area contributed by atoms with Crippen molar-refractivity contribution in [1.82, 2.24) is 9.97 Å². The Morgan fingerprint density at radius 2 is 2.20 bits per heavy atom. The van der Waals surface area contributed by atoms with E-state index in [2.05, 4.69) is 20.0 Å². The number of aromatic nitrogens is 2. The minimum atomic E-state index is -0.552. The molecular weight excluding hydrogens is 298 g/mol. The first-order valence-electron chi connectivity index (χ1n) is 5.95. The first-order valence-corrected chi connectivity index (χ1v) is 7.15. The average Bonchev–Trinajstić information content (AvgIpc) is 2.84. The van der Waals surface area contributed by atoms with E-state index in [9.17, 15) is 4.79 Å². The molecule has 2 aromatic rings. The molecule has 0 saturated heterocycles. The molecule has 1 atom stereocenters. The highest BCUT2D eigenvalue weighted by Crippen LogP contribution is 2.28. The first-order chi connectivity index (χ1) is 9.49. The fourth-order valence-corrected chi connectivity index (χ4v) is 2.74. The van der Waals surface area contributed by atoms with Crippen molar-refractivity contribution in [1.29, 1.82) is 0 Å². The summed E-state index contributed by atoms with van der Waals surface area (Å²) in [5.74, 6) is 0.0740. The van der Waals surface area contributed by atoms with Crippen LogP contribution in [-0.2, 0) is 4.74 Å². The summed E-state index contributed by atoms with van der Waals surface area (Å²) in [6, 6.07) is 5.62. The molecule has 1 N–H and O–H groups in total. The zero-order valence-corrected chi connectivity index (χ0v) is 12.9. The largest absolute Gasteiger partial charge is 0.463 e. The van der Waals surface area contributed by atoms with E-state index in [0.717, 1.165) is 9.21 Å². The van der Waals surface area contributed by atoms with Gasteiger partial charge in [-0.05, 0) is 26.0 Å². The van der Waals surface area contributed by atoms with Crippen LogP contribution in [0.15, 0.2) is 18.2 Å². The van der Waals surface area contributed by atoms with Gasteiger partial charge in [-0.15, -0.1) is 11.3 Å². The Morgan fingerprint density at radius 3 is 2.80 bits per heavy atom. The van der Waals surface area contributed by atoms with Crippen molar-refractivity contribution < 1.29 is 9.53 Å². The van der Waals surface area contributed by atoms with Gasteiger partial charge in [-0.1, -0.05) is 11.6 Å². The number of esters is 1. The van der Waals surface area contributed by atoms with Gasteiger partial charge in [-0.25, -0.2) is 14.8 Å². The Labute approximate surface area is 126 Å². The molecule has 0 aromatic carbocycles. The van der Waals surface area contributed by atoms with Crippen molar-refractivity contribution in [2.45, 2.75) is 19.9 Å². The van der Waals surface area contributed by atoms with Crippen molar-refractivity contribution in [3.63, 3.8) is 0 Å². The number of anilines is 1. The van der Waals surface area contributed by atoms with Gasteiger partial charge in [-0.3, -0.25) is 0 Å². The van der Waals surface area contributed by atoms with Crippen LogP contribution < -0.4 is 5.32 Å². The predicted octanol–water partition coefficient (Wildman–Crippen LogP) is 3.46. The Bertz CT molecular complexity index is 630. The van der Waals surface area contributed by atoms with Crippen molar-refractivity contribution in [2.75, 3.05) is 12.4 Å². The number of nitrogens with one attached hydrogen (secondary N) is 1. The Balaban J connectivity index is 2.20. The van der Waals surface area contributed by atoms with Crippen LogP contribution in [0.5, 0.6) is 0 Å². The number of carbonyl (C=O) groups excluding carboxylic acids is 1. The zero-order valence-electron chi connectivity index (χ0n) is 11.3. The lowest BCUT2D eigenvalue weighted by Gasteiger charge is -2.13. The fraction of sp³-hybridized carbons (Fsp3) is 0.308. The van der Waals surface area contributed by atoms with Crippen molar-refractivity contribution >= 4 is 34.7 Å². The van der Waals surface area contributed by atoms with Crippen LogP contribution in [-0.4, -0.2) is 23.0 Å². The smallest absolute Gasteiger partial charge is 0.376 e. The van der Waals surface area contributed by atoms with Gasteiger partial charge >= 0.3 is 5.97 Å². The number of halogens is 1. The summed E-state index contributed by atoms with van der Waals surface area (Å²) >= 11 is 7.42. The molecule has 7 heteroatoms. The molecular formula is C13H14ClN3O2S. The van der Waals surface area contributed by atoms with Gasteiger partial charge in [0.15, 0.2) is 0 Å². The SMILES string of the molecule is COC(=O)c1nc(C)cc(NC(C)c2ccc(Cl)s2)n1. The van der Waals surface area contributed by atoms with Gasteiger partial charge in [0.05, 0.1) is 17.5 Å². The number of nitrogens with zero attached hydrogens (tertiary/aromatic N) is 2. The predicted molar refractivity (Wildman–Crippen MR) is 79.5 cm³/mol. The van der Waals surface area contributed by atoms with Crippen LogP contribution in [0.4, 0.5) is 5.82 Å². The number of aryl methyl sites for hydroxylation is 1. The number of thiophene rings is 1. The standard InChI is InChI=1S/C13H14ClN3O2S/c1-7-6-11(17-12(15-7)13(18)19-3)16-8(2)9-4-5-10(14)20-9/h4-6,8H,1-3H3,(H,15,16,17). The minimum Gasteiger partial charge on any atom is -0.463 e. The summed E-state index contributed by atoms with van der Waals surface area (Å²) in [5, 5.41) is 3.22. The number of rotatable bonds is 4. The van der Waals surface area contributed by atoms with E-state index in [-0.39, 0.29) is 11.9 Å². The highest BCUT2D eigenvalue weighted by molar-refractivity contribution is 7.16. The van der Waals surface area contributed by atoms with E-state index in [1.54, 1.807) is 13.0 Å². The summed E-state index contributed by atoms with van der Waals surface area (Å²) < 4.78 is 5.37. The summed E-state index contributed by atoms with van der Waals surface area (Å²) in [6.45, 7) is 3.80. The number of hydrogen-bond acceptors (Lipinski definition) is 6. The molecule has 2 aromatic heterocycles. The highest BCUT2D eigenvalue weighted by atomic mass is 35.5. The normalized spacial score (nSPS) is 12.0. The average molecular weight is 312 g/mol. The zero-order chi connectivity index (χ0) is 14.7. The minimum absolute atomic E-state index is 0.0345. The third-order valence-corrected chi connectivity index (χ3v) is 4.02. The molecule has 2 rings (SSSR count). The molecule has 0 aliphatic carbocycles. The monoisotopic (exact) mass is 311 g/mol. The van der Waals surface area contributed by atoms with E-state index < -0.39 is 5.97 Å². The van der Waals surface area contributed by atoms with Crippen molar-refractivity contribution in [3.05, 3.63) is 38.9 Å². The maximum Gasteiger partial charge on any atom is 0.376 e. The molecule has 0 bridgehead atoms.